The van der Waals surface area contributed by atoms with Crippen LogP contribution >= 0.6 is 0 Å². The van der Waals surface area contributed by atoms with Crippen molar-refractivity contribution in [3.05, 3.63) is 29.3 Å². The van der Waals surface area contributed by atoms with E-state index in [1.54, 1.807) is 12.1 Å². The number of nitrogens with zero attached hydrogens (tertiary/aromatic N) is 1. The monoisotopic (exact) mass is 319 g/mol. The van der Waals surface area contributed by atoms with E-state index in [0.29, 0.717) is 24.9 Å². The lowest BCUT2D eigenvalue weighted by atomic mass is 10.1. The summed E-state index contributed by atoms with van der Waals surface area (Å²) in [4.78, 5) is 26.6. The predicted molar refractivity (Wildman–Crippen MR) is 84.6 cm³/mol. The van der Waals surface area contributed by atoms with Crippen LogP contribution in [-0.2, 0) is 19.1 Å². The van der Waals surface area contributed by atoms with Gasteiger partial charge >= 0.3 is 11.9 Å². The van der Waals surface area contributed by atoms with Crippen molar-refractivity contribution in [1.29, 1.82) is 0 Å². The molecule has 0 aromatic heterocycles. The number of esters is 2. The lowest BCUT2D eigenvalue weighted by Crippen LogP contribution is -2.23. The minimum atomic E-state index is -0.368. The highest BCUT2D eigenvalue weighted by Crippen LogP contribution is 2.26. The fraction of sp³-hybridized carbons (Fsp3) is 0.471. The van der Waals surface area contributed by atoms with Crippen LogP contribution in [0.5, 0.6) is 5.75 Å². The Morgan fingerprint density at radius 2 is 2.09 bits per heavy atom. The summed E-state index contributed by atoms with van der Waals surface area (Å²) in [5.74, 6) is 0.416. The molecule has 6 nitrogen and oxygen atoms in total. The van der Waals surface area contributed by atoms with Crippen molar-refractivity contribution in [2.75, 3.05) is 13.2 Å². The average Bonchev–Trinajstić information content (AvgIpc) is 2.96. The fourth-order valence-electron chi connectivity index (χ4n) is 2.30. The molecule has 0 aliphatic carbocycles. The third kappa shape index (κ3) is 4.31. The van der Waals surface area contributed by atoms with E-state index < -0.39 is 0 Å². The number of carbonyl (C=O) groups excluding carboxylic acids is 2. The molecule has 124 valence electrons. The second-order valence-corrected chi connectivity index (χ2v) is 5.61. The molecule has 1 aromatic carbocycles. The molecule has 1 aliphatic rings. The predicted octanol–water partition coefficient (Wildman–Crippen LogP) is 2.26. The van der Waals surface area contributed by atoms with E-state index >= 15 is 0 Å². The molecule has 0 saturated carbocycles. The molecule has 2 rings (SSSR count). The first kappa shape index (κ1) is 17.0. The molecule has 1 aliphatic heterocycles. The Morgan fingerprint density at radius 1 is 1.35 bits per heavy atom. The molecule has 1 heterocycles. The largest absolute Gasteiger partial charge is 0.475 e. The second-order valence-electron chi connectivity index (χ2n) is 5.61. The first-order chi connectivity index (χ1) is 10.9. The number of aliphatic imine (C=N–C) groups is 1. The molecule has 0 fully saturated rings. The summed E-state index contributed by atoms with van der Waals surface area (Å²) in [5, 5.41) is 0. The molecule has 0 bridgehead atoms. The zero-order valence-corrected chi connectivity index (χ0v) is 13.8. The summed E-state index contributed by atoms with van der Waals surface area (Å²) >= 11 is 0. The second kappa shape index (κ2) is 7.26. The van der Waals surface area contributed by atoms with Gasteiger partial charge in [0.25, 0.3) is 0 Å². The smallest absolute Gasteiger partial charge is 0.308 e. The number of ether oxygens (including phenoxy) is 3. The Hall–Kier alpha value is -2.37. The van der Waals surface area contributed by atoms with Crippen molar-refractivity contribution >= 4 is 17.8 Å². The van der Waals surface area contributed by atoms with Gasteiger partial charge in [-0.25, -0.2) is 4.99 Å². The van der Waals surface area contributed by atoms with Gasteiger partial charge in [-0.15, -0.1) is 0 Å². The van der Waals surface area contributed by atoms with Crippen LogP contribution in [0.15, 0.2) is 23.2 Å². The first-order valence-electron chi connectivity index (χ1n) is 7.51. The Morgan fingerprint density at radius 3 is 2.74 bits per heavy atom. The van der Waals surface area contributed by atoms with E-state index in [4.69, 9.17) is 14.2 Å². The van der Waals surface area contributed by atoms with Crippen LogP contribution in [0.3, 0.4) is 0 Å². The van der Waals surface area contributed by atoms with Crippen molar-refractivity contribution < 1.29 is 23.8 Å². The van der Waals surface area contributed by atoms with Crippen LogP contribution in [0.2, 0.25) is 0 Å². The normalized spacial score (nSPS) is 17.9. The molecule has 0 N–H and O–H groups in total. The SMILES string of the molecule is CC(=O)OC[C@H](C)[C@@H]1COC(c2cccc(OC(C)=O)c2C)=N1. The summed E-state index contributed by atoms with van der Waals surface area (Å²) in [7, 11) is 0. The lowest BCUT2D eigenvalue weighted by molar-refractivity contribution is -0.142. The van der Waals surface area contributed by atoms with Crippen LogP contribution in [-0.4, -0.2) is 37.1 Å². The van der Waals surface area contributed by atoms with Gasteiger partial charge in [-0.05, 0) is 19.1 Å². The summed E-state index contributed by atoms with van der Waals surface area (Å²) in [5.41, 5.74) is 1.60. The maximum absolute atomic E-state index is 11.1. The fourth-order valence-corrected chi connectivity index (χ4v) is 2.30. The zero-order chi connectivity index (χ0) is 17.0. The highest BCUT2D eigenvalue weighted by molar-refractivity contribution is 5.97. The van der Waals surface area contributed by atoms with Gasteiger partial charge in [-0.2, -0.15) is 0 Å². The number of benzene rings is 1. The Kier molecular flexibility index (Phi) is 5.36. The Labute approximate surface area is 135 Å². The number of hydrogen-bond acceptors (Lipinski definition) is 6. The van der Waals surface area contributed by atoms with E-state index in [0.717, 1.165) is 11.1 Å². The number of carbonyl (C=O) groups is 2. The minimum absolute atomic E-state index is 0.0633. The molecular formula is C17H21NO5. The molecule has 0 unspecified atom stereocenters. The van der Waals surface area contributed by atoms with Crippen LogP contribution in [0, 0.1) is 12.8 Å². The van der Waals surface area contributed by atoms with Crippen LogP contribution in [0.25, 0.3) is 0 Å². The molecule has 0 spiro atoms. The minimum Gasteiger partial charge on any atom is -0.475 e. The number of hydrogen-bond donors (Lipinski definition) is 0. The van der Waals surface area contributed by atoms with Gasteiger partial charge in [0.15, 0.2) is 0 Å². The van der Waals surface area contributed by atoms with Gasteiger partial charge in [-0.1, -0.05) is 13.0 Å². The number of rotatable bonds is 5. The maximum atomic E-state index is 11.1. The molecule has 0 radical (unpaired) electrons. The van der Waals surface area contributed by atoms with E-state index in [1.165, 1.54) is 13.8 Å². The topological polar surface area (TPSA) is 74.2 Å². The summed E-state index contributed by atoms with van der Waals surface area (Å²) < 4.78 is 15.9. The average molecular weight is 319 g/mol. The summed E-state index contributed by atoms with van der Waals surface area (Å²) in [6.45, 7) is 7.32. The molecule has 23 heavy (non-hydrogen) atoms. The molecule has 6 heteroatoms. The van der Waals surface area contributed by atoms with E-state index in [1.807, 2.05) is 19.9 Å². The van der Waals surface area contributed by atoms with Gasteiger partial charge in [-0.3, -0.25) is 9.59 Å². The first-order valence-corrected chi connectivity index (χ1v) is 7.51. The Bertz CT molecular complexity index is 638. The highest BCUT2D eigenvalue weighted by atomic mass is 16.5. The molecular weight excluding hydrogens is 298 g/mol. The lowest BCUT2D eigenvalue weighted by Gasteiger charge is -2.14. The van der Waals surface area contributed by atoms with E-state index in [9.17, 15) is 9.59 Å². The van der Waals surface area contributed by atoms with E-state index in [2.05, 4.69) is 4.99 Å². The Balaban J connectivity index is 2.15. The van der Waals surface area contributed by atoms with E-state index in [-0.39, 0.29) is 23.9 Å². The standard InChI is InChI=1S/C17H21NO5/c1-10(8-21-12(3)19)15-9-22-17(18-15)14-6-5-7-16(11(14)2)23-13(4)20/h5-7,10,15H,8-9H2,1-4H3/t10-,15-/m0/s1. The third-order valence-corrected chi connectivity index (χ3v) is 3.65. The van der Waals surface area contributed by atoms with Crippen molar-refractivity contribution in [3.8, 4) is 5.75 Å². The van der Waals surface area contributed by atoms with Gasteiger partial charge in [0.1, 0.15) is 12.4 Å². The van der Waals surface area contributed by atoms with Crippen molar-refractivity contribution in [1.82, 2.24) is 0 Å². The van der Waals surface area contributed by atoms with Gasteiger partial charge in [0, 0.05) is 30.9 Å². The maximum Gasteiger partial charge on any atom is 0.308 e. The summed E-state index contributed by atoms with van der Waals surface area (Å²) in [6, 6.07) is 5.33. The van der Waals surface area contributed by atoms with Gasteiger partial charge in [0.05, 0.1) is 12.6 Å². The zero-order valence-electron chi connectivity index (χ0n) is 13.8. The van der Waals surface area contributed by atoms with Crippen molar-refractivity contribution in [3.63, 3.8) is 0 Å². The van der Waals surface area contributed by atoms with Crippen LogP contribution < -0.4 is 4.74 Å². The molecule has 2 atom stereocenters. The van der Waals surface area contributed by atoms with Crippen LogP contribution in [0.4, 0.5) is 0 Å². The highest BCUT2D eigenvalue weighted by Gasteiger charge is 2.27. The summed E-state index contributed by atoms with van der Waals surface area (Å²) in [6.07, 6.45) is 0. The molecule has 1 aromatic rings. The van der Waals surface area contributed by atoms with Crippen LogP contribution in [0.1, 0.15) is 31.9 Å². The molecule has 0 saturated heterocycles. The third-order valence-electron chi connectivity index (χ3n) is 3.65. The van der Waals surface area contributed by atoms with Gasteiger partial charge < -0.3 is 14.2 Å². The van der Waals surface area contributed by atoms with Gasteiger partial charge in [0.2, 0.25) is 5.90 Å². The van der Waals surface area contributed by atoms with Crippen molar-refractivity contribution in [2.24, 2.45) is 10.9 Å². The molecule has 0 amide bonds. The quantitative estimate of drug-likeness (QED) is 0.615. The van der Waals surface area contributed by atoms with Crippen molar-refractivity contribution in [2.45, 2.75) is 33.7 Å².